The van der Waals surface area contributed by atoms with Gasteiger partial charge in [-0.05, 0) is 24.7 Å². The summed E-state index contributed by atoms with van der Waals surface area (Å²) in [5.74, 6) is 1.38. The Balaban J connectivity index is 1.87. The van der Waals surface area contributed by atoms with E-state index < -0.39 is 0 Å². The van der Waals surface area contributed by atoms with Crippen LogP contribution in [0.25, 0.3) is 0 Å². The van der Waals surface area contributed by atoms with Gasteiger partial charge in [0.2, 0.25) is 0 Å². The zero-order valence-electron chi connectivity index (χ0n) is 9.40. The van der Waals surface area contributed by atoms with E-state index in [0.717, 1.165) is 31.6 Å². The molecule has 0 aromatic carbocycles. The van der Waals surface area contributed by atoms with E-state index in [-0.39, 0.29) is 10.6 Å². The summed E-state index contributed by atoms with van der Waals surface area (Å²) < 4.78 is 0. The molecule has 2 aliphatic rings. The molecule has 1 aliphatic carbocycles. The number of H-pyrrole nitrogens is 1. The van der Waals surface area contributed by atoms with Gasteiger partial charge < -0.3 is 4.90 Å². The maximum atomic E-state index is 11.4. The highest BCUT2D eigenvalue weighted by Crippen LogP contribution is 2.36. The topological polar surface area (TPSA) is 49.0 Å². The first-order chi connectivity index (χ1) is 8.25. The standard InChI is InChI=1S/C12H14ClN3O/c13-11-10(5-14-15-12(11)17)16-6-8-3-1-2-4-9(8)7-16/h1-2,5,8-9H,3-4,6-7H2,(H,15,17). The van der Waals surface area contributed by atoms with Crippen LogP contribution in [0.15, 0.2) is 23.1 Å². The second-order valence-electron chi connectivity index (χ2n) is 4.77. The predicted molar refractivity (Wildman–Crippen MR) is 67.4 cm³/mol. The van der Waals surface area contributed by atoms with E-state index in [9.17, 15) is 4.79 Å². The fraction of sp³-hybridized carbons (Fsp3) is 0.500. The summed E-state index contributed by atoms with van der Waals surface area (Å²) in [4.78, 5) is 13.6. The lowest BCUT2D eigenvalue weighted by Gasteiger charge is -2.18. The SMILES string of the molecule is O=c1[nH]ncc(N2CC3CC=CCC3C2)c1Cl. The number of halogens is 1. The Morgan fingerprint density at radius 3 is 2.59 bits per heavy atom. The molecule has 2 atom stereocenters. The minimum absolute atomic E-state index is 0.256. The van der Waals surface area contributed by atoms with E-state index in [1.165, 1.54) is 0 Å². The van der Waals surface area contributed by atoms with E-state index in [1.807, 2.05) is 0 Å². The average Bonchev–Trinajstić information content (AvgIpc) is 2.76. The van der Waals surface area contributed by atoms with Crippen molar-refractivity contribution in [2.75, 3.05) is 18.0 Å². The van der Waals surface area contributed by atoms with E-state index in [0.29, 0.717) is 11.8 Å². The normalized spacial score (nSPS) is 27.2. The molecular weight excluding hydrogens is 238 g/mol. The Morgan fingerprint density at radius 2 is 1.94 bits per heavy atom. The summed E-state index contributed by atoms with van der Waals surface area (Å²) in [5, 5.41) is 6.43. The lowest BCUT2D eigenvalue weighted by Crippen LogP contribution is -2.23. The minimum atomic E-state index is -0.308. The number of aromatic nitrogens is 2. The molecule has 3 rings (SSSR count). The van der Waals surface area contributed by atoms with E-state index in [4.69, 9.17) is 11.6 Å². The molecule has 90 valence electrons. The summed E-state index contributed by atoms with van der Waals surface area (Å²) in [6.45, 7) is 1.94. The van der Waals surface area contributed by atoms with Gasteiger partial charge in [-0.3, -0.25) is 4.79 Å². The van der Waals surface area contributed by atoms with Gasteiger partial charge in [-0.25, -0.2) is 5.10 Å². The number of nitrogens with zero attached hydrogens (tertiary/aromatic N) is 2. The maximum absolute atomic E-state index is 11.4. The molecule has 0 saturated carbocycles. The van der Waals surface area contributed by atoms with Crippen molar-refractivity contribution in [2.45, 2.75) is 12.8 Å². The van der Waals surface area contributed by atoms with Crippen LogP contribution in [0.2, 0.25) is 5.02 Å². The summed E-state index contributed by atoms with van der Waals surface area (Å²) in [6, 6.07) is 0. The summed E-state index contributed by atoms with van der Waals surface area (Å²) in [6.07, 6.45) is 8.42. The van der Waals surface area contributed by atoms with Gasteiger partial charge in [0.1, 0.15) is 5.02 Å². The van der Waals surface area contributed by atoms with Gasteiger partial charge in [0, 0.05) is 13.1 Å². The van der Waals surface area contributed by atoms with E-state index in [2.05, 4.69) is 27.2 Å². The Morgan fingerprint density at radius 1 is 1.29 bits per heavy atom. The van der Waals surface area contributed by atoms with Crippen LogP contribution in [0.5, 0.6) is 0 Å². The third-order valence-corrected chi connectivity index (χ3v) is 4.10. The molecule has 0 amide bonds. The largest absolute Gasteiger partial charge is 0.368 e. The first-order valence-corrected chi connectivity index (χ1v) is 6.26. The van der Waals surface area contributed by atoms with Crippen molar-refractivity contribution in [2.24, 2.45) is 11.8 Å². The van der Waals surface area contributed by atoms with Crippen LogP contribution in [-0.2, 0) is 0 Å². The lowest BCUT2D eigenvalue weighted by molar-refractivity contribution is 0.411. The van der Waals surface area contributed by atoms with Crippen LogP contribution in [0.3, 0.4) is 0 Å². The number of fused-ring (bicyclic) bond motifs is 1. The number of hydrogen-bond donors (Lipinski definition) is 1. The highest BCUT2D eigenvalue weighted by molar-refractivity contribution is 6.33. The monoisotopic (exact) mass is 251 g/mol. The summed E-state index contributed by atoms with van der Waals surface area (Å²) in [7, 11) is 0. The second kappa shape index (κ2) is 4.18. The average molecular weight is 252 g/mol. The van der Waals surface area contributed by atoms with Crippen molar-refractivity contribution in [3.8, 4) is 0 Å². The van der Waals surface area contributed by atoms with Gasteiger partial charge in [-0.2, -0.15) is 5.10 Å². The van der Waals surface area contributed by atoms with Crippen molar-refractivity contribution in [1.29, 1.82) is 0 Å². The first kappa shape index (κ1) is 10.8. The van der Waals surface area contributed by atoms with Crippen LogP contribution >= 0.6 is 11.6 Å². The number of nitrogens with one attached hydrogen (secondary N) is 1. The number of rotatable bonds is 1. The Kier molecular flexibility index (Phi) is 2.67. The Bertz CT molecular complexity index is 495. The highest BCUT2D eigenvalue weighted by Gasteiger charge is 2.33. The molecule has 1 N–H and O–H groups in total. The van der Waals surface area contributed by atoms with Crippen molar-refractivity contribution in [1.82, 2.24) is 10.2 Å². The minimum Gasteiger partial charge on any atom is -0.368 e. The van der Waals surface area contributed by atoms with Crippen LogP contribution in [-0.4, -0.2) is 23.3 Å². The van der Waals surface area contributed by atoms with Crippen molar-refractivity contribution < 1.29 is 0 Å². The first-order valence-electron chi connectivity index (χ1n) is 5.89. The van der Waals surface area contributed by atoms with Gasteiger partial charge in [0.05, 0.1) is 11.9 Å². The summed E-state index contributed by atoms with van der Waals surface area (Å²) >= 11 is 6.03. The number of anilines is 1. The Hall–Kier alpha value is -1.29. The van der Waals surface area contributed by atoms with Crippen LogP contribution in [0.1, 0.15) is 12.8 Å². The molecule has 4 nitrogen and oxygen atoms in total. The van der Waals surface area contributed by atoms with E-state index >= 15 is 0 Å². The lowest BCUT2D eigenvalue weighted by atomic mass is 9.86. The zero-order chi connectivity index (χ0) is 11.8. The third kappa shape index (κ3) is 1.86. The fourth-order valence-electron chi connectivity index (χ4n) is 2.81. The maximum Gasteiger partial charge on any atom is 0.285 e. The molecule has 1 aromatic heterocycles. The van der Waals surface area contributed by atoms with Crippen molar-refractivity contribution in [3.63, 3.8) is 0 Å². The van der Waals surface area contributed by atoms with Gasteiger partial charge in [0.15, 0.2) is 0 Å². The van der Waals surface area contributed by atoms with Gasteiger partial charge >= 0.3 is 0 Å². The third-order valence-electron chi connectivity index (χ3n) is 3.74. The molecule has 17 heavy (non-hydrogen) atoms. The van der Waals surface area contributed by atoms with Crippen molar-refractivity contribution in [3.05, 3.63) is 33.7 Å². The quantitative estimate of drug-likeness (QED) is 0.775. The molecule has 2 heterocycles. The number of aromatic amines is 1. The second-order valence-corrected chi connectivity index (χ2v) is 5.14. The highest BCUT2D eigenvalue weighted by atomic mass is 35.5. The smallest absolute Gasteiger partial charge is 0.285 e. The zero-order valence-corrected chi connectivity index (χ0v) is 10.2. The molecule has 1 aromatic rings. The fourth-order valence-corrected chi connectivity index (χ4v) is 3.02. The number of hydrogen-bond acceptors (Lipinski definition) is 3. The van der Waals surface area contributed by atoms with Gasteiger partial charge in [-0.1, -0.05) is 23.8 Å². The van der Waals surface area contributed by atoms with E-state index in [1.54, 1.807) is 6.20 Å². The predicted octanol–water partition coefficient (Wildman–Crippen LogP) is 1.83. The summed E-state index contributed by atoms with van der Waals surface area (Å²) in [5.41, 5.74) is 0.460. The molecular formula is C12H14ClN3O. The molecule has 0 spiro atoms. The molecule has 1 saturated heterocycles. The molecule has 1 fully saturated rings. The molecule has 2 unspecified atom stereocenters. The van der Waals surface area contributed by atoms with Crippen LogP contribution < -0.4 is 10.5 Å². The van der Waals surface area contributed by atoms with Crippen LogP contribution in [0.4, 0.5) is 5.69 Å². The van der Waals surface area contributed by atoms with Crippen LogP contribution in [0, 0.1) is 11.8 Å². The molecule has 0 radical (unpaired) electrons. The Labute approximate surface area is 104 Å². The molecule has 5 heteroatoms. The molecule has 1 aliphatic heterocycles. The number of allylic oxidation sites excluding steroid dienone is 2. The van der Waals surface area contributed by atoms with Gasteiger partial charge in [-0.15, -0.1) is 0 Å². The molecule has 0 bridgehead atoms. The van der Waals surface area contributed by atoms with Crippen molar-refractivity contribution >= 4 is 17.3 Å². The van der Waals surface area contributed by atoms with Gasteiger partial charge in [0.25, 0.3) is 5.56 Å².